The lowest BCUT2D eigenvalue weighted by Gasteiger charge is -2.14. The van der Waals surface area contributed by atoms with E-state index in [1.807, 2.05) is 60.8 Å². The van der Waals surface area contributed by atoms with Gasteiger partial charge in [0, 0.05) is 28.8 Å². The highest BCUT2D eigenvalue weighted by atomic mass is 16.4. The standard InChI is InChI=1S/C30H24N4O2/c1-18(2)34-26-13-7-11-22(28(26)33-29(34)23-12-6-10-20-14-15-31-27(20)23)24-16-21(17-25(32-24)30(35)36)19-8-4-3-5-9-19/h3-18,31H,1-2H3,(H,35,36). The number of benzene rings is 3. The summed E-state index contributed by atoms with van der Waals surface area (Å²) in [6, 6.07) is 27.7. The molecular formula is C30H24N4O2. The number of fused-ring (bicyclic) bond motifs is 2. The molecule has 0 spiro atoms. The SMILES string of the molecule is CC(C)n1c(-c2cccc3cc[nH]c23)nc2c(-c3cc(-c4ccccc4)cc(C(=O)O)n3)cccc21. The molecule has 0 atom stereocenters. The van der Waals surface area contributed by atoms with Gasteiger partial charge in [0.25, 0.3) is 0 Å². The number of hydrogen-bond acceptors (Lipinski definition) is 3. The first-order valence-electron chi connectivity index (χ1n) is 11.9. The molecule has 0 radical (unpaired) electrons. The molecule has 6 aromatic rings. The Morgan fingerprint density at radius 2 is 1.64 bits per heavy atom. The fourth-order valence-corrected chi connectivity index (χ4v) is 4.88. The van der Waals surface area contributed by atoms with E-state index in [1.165, 1.54) is 0 Å². The monoisotopic (exact) mass is 472 g/mol. The Morgan fingerprint density at radius 3 is 2.42 bits per heavy atom. The first-order chi connectivity index (χ1) is 17.5. The number of aromatic carboxylic acids is 1. The number of H-pyrrole nitrogens is 1. The van der Waals surface area contributed by atoms with Crippen molar-refractivity contribution < 1.29 is 9.90 Å². The maximum atomic E-state index is 12.0. The minimum Gasteiger partial charge on any atom is -0.477 e. The van der Waals surface area contributed by atoms with Gasteiger partial charge in [-0.1, -0.05) is 54.6 Å². The van der Waals surface area contributed by atoms with Crippen molar-refractivity contribution in [2.75, 3.05) is 0 Å². The van der Waals surface area contributed by atoms with E-state index < -0.39 is 5.97 Å². The molecule has 6 heteroatoms. The lowest BCUT2D eigenvalue weighted by Crippen LogP contribution is -2.03. The van der Waals surface area contributed by atoms with Gasteiger partial charge in [0.1, 0.15) is 11.5 Å². The predicted molar refractivity (Wildman–Crippen MR) is 143 cm³/mol. The fraction of sp³-hybridized carbons (Fsp3) is 0.100. The Hall–Kier alpha value is -4.71. The lowest BCUT2D eigenvalue weighted by molar-refractivity contribution is 0.0690. The highest BCUT2D eigenvalue weighted by Gasteiger charge is 2.21. The molecule has 0 aliphatic heterocycles. The van der Waals surface area contributed by atoms with Crippen molar-refractivity contribution in [1.29, 1.82) is 0 Å². The van der Waals surface area contributed by atoms with Crippen LogP contribution in [-0.2, 0) is 0 Å². The van der Waals surface area contributed by atoms with Crippen LogP contribution in [0.1, 0.15) is 30.4 Å². The van der Waals surface area contributed by atoms with E-state index in [9.17, 15) is 9.90 Å². The van der Waals surface area contributed by atoms with Crippen molar-refractivity contribution in [2.24, 2.45) is 0 Å². The van der Waals surface area contributed by atoms with E-state index in [1.54, 1.807) is 6.07 Å². The first kappa shape index (κ1) is 21.8. The van der Waals surface area contributed by atoms with Crippen LogP contribution in [0.25, 0.3) is 55.7 Å². The average Bonchev–Trinajstić information content (AvgIpc) is 3.53. The van der Waals surface area contributed by atoms with E-state index in [4.69, 9.17) is 4.98 Å². The normalized spacial score (nSPS) is 11.5. The molecule has 0 saturated heterocycles. The van der Waals surface area contributed by atoms with Crippen LogP contribution in [-0.4, -0.2) is 30.6 Å². The van der Waals surface area contributed by atoms with Crippen LogP contribution in [0.4, 0.5) is 0 Å². The highest BCUT2D eigenvalue weighted by molar-refractivity contribution is 5.99. The van der Waals surface area contributed by atoms with Crippen molar-refractivity contribution >= 4 is 27.9 Å². The number of pyridine rings is 1. The van der Waals surface area contributed by atoms with Gasteiger partial charge in [0.2, 0.25) is 0 Å². The number of carbonyl (C=O) groups is 1. The molecule has 0 bridgehead atoms. The smallest absolute Gasteiger partial charge is 0.354 e. The molecule has 6 rings (SSSR count). The van der Waals surface area contributed by atoms with Crippen molar-refractivity contribution in [2.45, 2.75) is 19.9 Å². The summed E-state index contributed by atoms with van der Waals surface area (Å²) in [4.78, 5) is 25.0. The summed E-state index contributed by atoms with van der Waals surface area (Å²) in [5, 5.41) is 10.9. The number of para-hydroxylation sites is 2. The van der Waals surface area contributed by atoms with Crippen LogP contribution < -0.4 is 0 Å². The van der Waals surface area contributed by atoms with Gasteiger partial charge in [0.15, 0.2) is 0 Å². The Kier molecular flexibility index (Phi) is 5.15. The summed E-state index contributed by atoms with van der Waals surface area (Å²) in [6.07, 6.45) is 1.94. The zero-order chi connectivity index (χ0) is 24.8. The molecule has 0 saturated carbocycles. The van der Waals surface area contributed by atoms with Gasteiger partial charge < -0.3 is 14.7 Å². The molecule has 176 valence electrons. The van der Waals surface area contributed by atoms with Crippen LogP contribution in [0.3, 0.4) is 0 Å². The second-order valence-electron chi connectivity index (χ2n) is 9.12. The summed E-state index contributed by atoms with van der Waals surface area (Å²) in [5.74, 6) is -0.203. The molecule has 0 fully saturated rings. The summed E-state index contributed by atoms with van der Waals surface area (Å²) in [6.45, 7) is 4.28. The van der Waals surface area contributed by atoms with Crippen molar-refractivity contribution in [3.8, 4) is 33.8 Å². The quantitative estimate of drug-likeness (QED) is 0.278. The molecule has 3 aromatic heterocycles. The van der Waals surface area contributed by atoms with Gasteiger partial charge in [-0.2, -0.15) is 0 Å². The Labute approximate surface area is 207 Å². The largest absolute Gasteiger partial charge is 0.477 e. The van der Waals surface area contributed by atoms with E-state index in [-0.39, 0.29) is 11.7 Å². The summed E-state index contributed by atoms with van der Waals surface area (Å²) >= 11 is 0. The third-order valence-electron chi connectivity index (χ3n) is 6.49. The van der Waals surface area contributed by atoms with Gasteiger partial charge in [-0.25, -0.2) is 14.8 Å². The molecule has 6 nitrogen and oxygen atoms in total. The number of hydrogen-bond donors (Lipinski definition) is 2. The van der Waals surface area contributed by atoms with Gasteiger partial charge in [-0.3, -0.25) is 0 Å². The Bertz CT molecular complexity index is 1750. The van der Waals surface area contributed by atoms with E-state index in [2.05, 4.69) is 52.6 Å². The molecule has 0 amide bonds. The van der Waals surface area contributed by atoms with Crippen molar-refractivity contribution in [3.05, 3.63) is 96.8 Å². The fourth-order valence-electron chi connectivity index (χ4n) is 4.88. The number of imidazole rings is 1. The van der Waals surface area contributed by atoms with E-state index in [0.29, 0.717) is 5.69 Å². The Balaban J connectivity index is 1.63. The first-order valence-corrected chi connectivity index (χ1v) is 11.9. The van der Waals surface area contributed by atoms with Crippen LogP contribution >= 0.6 is 0 Å². The summed E-state index contributed by atoms with van der Waals surface area (Å²) in [7, 11) is 0. The number of aromatic nitrogens is 4. The van der Waals surface area contributed by atoms with Gasteiger partial charge in [0.05, 0.1) is 22.2 Å². The molecule has 0 aliphatic rings. The topological polar surface area (TPSA) is 83.8 Å². The summed E-state index contributed by atoms with van der Waals surface area (Å²) in [5.41, 5.74) is 6.94. The molecular weight excluding hydrogens is 448 g/mol. The third-order valence-corrected chi connectivity index (χ3v) is 6.49. The number of nitrogens with one attached hydrogen (secondary N) is 1. The van der Waals surface area contributed by atoms with Crippen LogP contribution in [0, 0.1) is 0 Å². The second kappa shape index (κ2) is 8.50. The zero-order valence-electron chi connectivity index (χ0n) is 19.9. The highest BCUT2D eigenvalue weighted by Crippen LogP contribution is 2.37. The average molecular weight is 473 g/mol. The number of rotatable bonds is 5. The molecule has 0 aliphatic carbocycles. The molecule has 0 unspecified atom stereocenters. The maximum absolute atomic E-state index is 12.0. The molecule has 36 heavy (non-hydrogen) atoms. The zero-order valence-corrected chi connectivity index (χ0v) is 19.9. The number of nitrogens with zero attached hydrogens (tertiary/aromatic N) is 3. The van der Waals surface area contributed by atoms with Gasteiger partial charge >= 0.3 is 5.97 Å². The second-order valence-corrected chi connectivity index (χ2v) is 9.12. The van der Waals surface area contributed by atoms with Crippen LogP contribution in [0.15, 0.2) is 91.1 Å². The Morgan fingerprint density at radius 1 is 0.861 bits per heavy atom. The number of carboxylic acids is 1. The summed E-state index contributed by atoms with van der Waals surface area (Å²) < 4.78 is 2.23. The molecule has 3 aromatic carbocycles. The molecule has 3 heterocycles. The minimum absolute atomic E-state index is 0.00280. The third kappa shape index (κ3) is 3.55. The lowest BCUT2D eigenvalue weighted by atomic mass is 10.0. The minimum atomic E-state index is -1.06. The van der Waals surface area contributed by atoms with E-state index >= 15 is 0 Å². The van der Waals surface area contributed by atoms with Crippen molar-refractivity contribution in [1.82, 2.24) is 19.5 Å². The van der Waals surface area contributed by atoms with Gasteiger partial charge in [-0.15, -0.1) is 0 Å². The van der Waals surface area contributed by atoms with Gasteiger partial charge in [-0.05, 0) is 55.3 Å². The number of carboxylic acid groups (broad SMARTS) is 1. The predicted octanol–water partition coefficient (Wildman–Crippen LogP) is 7.19. The molecule has 2 N–H and O–H groups in total. The van der Waals surface area contributed by atoms with E-state index in [0.717, 1.165) is 50.0 Å². The van der Waals surface area contributed by atoms with Crippen molar-refractivity contribution in [3.63, 3.8) is 0 Å². The van der Waals surface area contributed by atoms with Crippen LogP contribution in [0.5, 0.6) is 0 Å². The van der Waals surface area contributed by atoms with Crippen LogP contribution in [0.2, 0.25) is 0 Å². The number of aromatic amines is 1. The maximum Gasteiger partial charge on any atom is 0.354 e.